The number of morpholine rings is 1. The van der Waals surface area contributed by atoms with Crippen molar-refractivity contribution in [2.45, 2.75) is 39.2 Å². The van der Waals surface area contributed by atoms with Crippen molar-refractivity contribution in [2.75, 3.05) is 25.4 Å². The Balaban J connectivity index is 1.73. The number of amides is 1. The van der Waals surface area contributed by atoms with Crippen LogP contribution in [0.1, 0.15) is 35.5 Å². The minimum atomic E-state index is -4.85. The van der Waals surface area contributed by atoms with Gasteiger partial charge in [-0.25, -0.2) is 13.1 Å². The molecule has 8 nitrogen and oxygen atoms in total. The highest BCUT2D eigenvalue weighted by Gasteiger charge is 2.40. The van der Waals surface area contributed by atoms with Crippen LogP contribution in [-0.4, -0.2) is 66.0 Å². The molecular weight excluding hydrogens is 449 g/mol. The Labute approximate surface area is 184 Å². The Bertz CT molecular complexity index is 1060. The van der Waals surface area contributed by atoms with Crippen molar-refractivity contribution in [1.82, 2.24) is 19.4 Å². The summed E-state index contributed by atoms with van der Waals surface area (Å²) in [5.41, 5.74) is -0.889. The lowest BCUT2D eigenvalue weighted by molar-refractivity contribution is -0.143. The number of alkyl halides is 3. The molecule has 0 spiro atoms. The Kier molecular flexibility index (Phi) is 6.96. The molecule has 1 aliphatic heterocycles. The number of rotatable bonds is 6. The molecular formula is C20H25F3N4O4S. The third-order valence-corrected chi connectivity index (χ3v) is 6.79. The molecule has 32 heavy (non-hydrogen) atoms. The molecule has 1 aliphatic rings. The number of halogens is 3. The standard InChI is InChI=1S/C20H25F3N4O4S/c1-13-4-6-16(7-5-13)27-18(20(21,22)23)17(10-25-27)19(28)24-8-9-32(29,30)26-11-14(2)31-15(3)12-26/h4-7,10,14-15H,8-9,11-12H2,1-3H3,(H,24,28). The van der Waals surface area contributed by atoms with Crippen LogP contribution >= 0.6 is 0 Å². The largest absolute Gasteiger partial charge is 0.434 e. The smallest absolute Gasteiger partial charge is 0.373 e. The van der Waals surface area contributed by atoms with E-state index in [9.17, 15) is 26.4 Å². The number of aromatic nitrogens is 2. The van der Waals surface area contributed by atoms with Crippen LogP contribution in [-0.2, 0) is 20.9 Å². The number of carbonyl (C=O) groups is 1. The Hall–Kier alpha value is -2.44. The zero-order chi connectivity index (χ0) is 23.7. The summed E-state index contributed by atoms with van der Waals surface area (Å²) in [6.45, 7) is 5.33. The Morgan fingerprint density at radius 3 is 2.34 bits per heavy atom. The molecule has 1 N–H and O–H groups in total. The van der Waals surface area contributed by atoms with E-state index in [4.69, 9.17) is 4.74 Å². The van der Waals surface area contributed by atoms with Crippen molar-refractivity contribution in [3.63, 3.8) is 0 Å². The lowest BCUT2D eigenvalue weighted by atomic mass is 10.2. The summed E-state index contributed by atoms with van der Waals surface area (Å²) < 4.78 is 73.8. The minimum Gasteiger partial charge on any atom is -0.373 e. The summed E-state index contributed by atoms with van der Waals surface area (Å²) in [6, 6.07) is 6.20. The number of sulfonamides is 1. The summed E-state index contributed by atoms with van der Waals surface area (Å²) in [4.78, 5) is 12.5. The molecule has 0 bridgehead atoms. The molecule has 176 valence electrons. The number of aryl methyl sites for hydroxylation is 1. The van der Waals surface area contributed by atoms with Gasteiger partial charge in [-0.3, -0.25) is 4.79 Å². The van der Waals surface area contributed by atoms with Gasteiger partial charge >= 0.3 is 6.18 Å². The third-order valence-electron chi connectivity index (χ3n) is 4.99. The van der Waals surface area contributed by atoms with Gasteiger partial charge in [0.2, 0.25) is 10.0 Å². The van der Waals surface area contributed by atoms with Crippen LogP contribution in [0.15, 0.2) is 30.5 Å². The quantitative estimate of drug-likeness (QED) is 0.694. The van der Waals surface area contributed by atoms with E-state index in [0.29, 0.717) is 4.68 Å². The topological polar surface area (TPSA) is 93.5 Å². The highest BCUT2D eigenvalue weighted by molar-refractivity contribution is 7.89. The first kappa shape index (κ1) is 24.2. The van der Waals surface area contributed by atoms with E-state index in [2.05, 4.69) is 10.4 Å². The summed E-state index contributed by atoms with van der Waals surface area (Å²) >= 11 is 0. The molecule has 0 radical (unpaired) electrons. The SMILES string of the molecule is Cc1ccc(-n2ncc(C(=O)NCCS(=O)(=O)N3CC(C)OC(C)C3)c2C(F)(F)F)cc1. The molecule has 0 aliphatic carbocycles. The van der Waals surface area contributed by atoms with Gasteiger partial charge in [-0.2, -0.15) is 22.6 Å². The van der Waals surface area contributed by atoms with Gasteiger partial charge in [0.25, 0.3) is 5.91 Å². The number of benzene rings is 1. The Morgan fingerprint density at radius 2 is 1.78 bits per heavy atom. The van der Waals surface area contributed by atoms with Crippen molar-refractivity contribution in [3.05, 3.63) is 47.3 Å². The van der Waals surface area contributed by atoms with E-state index in [1.54, 1.807) is 32.9 Å². The average molecular weight is 475 g/mol. The molecule has 1 aromatic carbocycles. The van der Waals surface area contributed by atoms with Gasteiger partial charge in [0.1, 0.15) is 0 Å². The summed E-state index contributed by atoms with van der Waals surface area (Å²) in [7, 11) is -3.71. The van der Waals surface area contributed by atoms with Gasteiger partial charge in [0.15, 0.2) is 5.69 Å². The van der Waals surface area contributed by atoms with Crippen LogP contribution in [0.3, 0.4) is 0 Å². The maximum atomic E-state index is 13.7. The lowest BCUT2D eigenvalue weighted by Gasteiger charge is -2.34. The number of nitrogens with zero attached hydrogens (tertiary/aromatic N) is 3. The summed E-state index contributed by atoms with van der Waals surface area (Å²) in [5.74, 6) is -1.49. The summed E-state index contributed by atoms with van der Waals surface area (Å²) in [6.07, 6.45) is -4.56. The van der Waals surface area contributed by atoms with Crippen LogP contribution in [0.2, 0.25) is 0 Å². The number of nitrogens with one attached hydrogen (secondary N) is 1. The number of hydrogen-bond acceptors (Lipinski definition) is 5. The minimum absolute atomic E-state index is 0.153. The monoisotopic (exact) mass is 474 g/mol. The van der Waals surface area contributed by atoms with E-state index >= 15 is 0 Å². The molecule has 1 saturated heterocycles. The van der Waals surface area contributed by atoms with Crippen molar-refractivity contribution < 1.29 is 31.1 Å². The van der Waals surface area contributed by atoms with E-state index < -0.39 is 39.1 Å². The fourth-order valence-electron chi connectivity index (χ4n) is 3.54. The zero-order valence-electron chi connectivity index (χ0n) is 17.9. The molecule has 0 saturated carbocycles. The molecule has 2 heterocycles. The summed E-state index contributed by atoms with van der Waals surface area (Å²) in [5, 5.41) is 6.02. The van der Waals surface area contributed by atoms with Gasteiger partial charge < -0.3 is 10.1 Å². The van der Waals surface area contributed by atoms with Gasteiger partial charge in [0, 0.05) is 19.6 Å². The molecule has 3 rings (SSSR count). The Morgan fingerprint density at radius 1 is 1.19 bits per heavy atom. The van der Waals surface area contributed by atoms with Crippen molar-refractivity contribution >= 4 is 15.9 Å². The second kappa shape index (κ2) is 9.20. The number of ether oxygens (including phenoxy) is 1. The molecule has 2 unspecified atom stereocenters. The average Bonchev–Trinajstić information content (AvgIpc) is 3.13. The molecule has 1 aromatic heterocycles. The van der Waals surface area contributed by atoms with Crippen molar-refractivity contribution in [3.8, 4) is 5.69 Å². The normalized spacial score (nSPS) is 20.3. The molecule has 2 atom stereocenters. The fourth-order valence-corrected chi connectivity index (χ4v) is 5.04. The highest BCUT2D eigenvalue weighted by atomic mass is 32.2. The maximum Gasteiger partial charge on any atom is 0.434 e. The van der Waals surface area contributed by atoms with E-state index in [-0.39, 0.29) is 37.5 Å². The first-order valence-corrected chi connectivity index (χ1v) is 11.6. The molecule has 12 heteroatoms. The van der Waals surface area contributed by atoms with Crippen LogP contribution in [0.4, 0.5) is 13.2 Å². The zero-order valence-corrected chi connectivity index (χ0v) is 18.7. The van der Waals surface area contributed by atoms with E-state index in [0.717, 1.165) is 11.8 Å². The van der Waals surface area contributed by atoms with Crippen LogP contribution in [0, 0.1) is 6.92 Å². The number of hydrogen-bond donors (Lipinski definition) is 1. The molecule has 1 amide bonds. The second-order valence-electron chi connectivity index (χ2n) is 7.80. The fraction of sp³-hybridized carbons (Fsp3) is 0.500. The highest BCUT2D eigenvalue weighted by Crippen LogP contribution is 2.33. The maximum absolute atomic E-state index is 13.7. The predicted octanol–water partition coefficient (Wildman–Crippen LogP) is 2.37. The first-order chi connectivity index (χ1) is 14.9. The van der Waals surface area contributed by atoms with Gasteiger partial charge in [-0.1, -0.05) is 17.7 Å². The van der Waals surface area contributed by atoms with Gasteiger partial charge in [-0.15, -0.1) is 0 Å². The third kappa shape index (κ3) is 5.48. The van der Waals surface area contributed by atoms with Gasteiger partial charge in [0.05, 0.1) is 35.4 Å². The van der Waals surface area contributed by atoms with Crippen LogP contribution in [0.5, 0.6) is 0 Å². The first-order valence-electron chi connectivity index (χ1n) is 10.0. The van der Waals surface area contributed by atoms with E-state index in [1.165, 1.54) is 16.4 Å². The van der Waals surface area contributed by atoms with Gasteiger partial charge in [-0.05, 0) is 32.9 Å². The predicted molar refractivity (Wildman–Crippen MR) is 111 cm³/mol. The lowest BCUT2D eigenvalue weighted by Crippen LogP contribution is -2.49. The number of carbonyl (C=O) groups excluding carboxylic acids is 1. The second-order valence-corrected chi connectivity index (χ2v) is 9.89. The van der Waals surface area contributed by atoms with E-state index in [1.807, 2.05) is 0 Å². The van der Waals surface area contributed by atoms with Crippen LogP contribution < -0.4 is 5.32 Å². The van der Waals surface area contributed by atoms with Crippen molar-refractivity contribution in [1.29, 1.82) is 0 Å². The van der Waals surface area contributed by atoms with Crippen molar-refractivity contribution in [2.24, 2.45) is 0 Å². The van der Waals surface area contributed by atoms with Crippen LogP contribution in [0.25, 0.3) is 5.69 Å². The molecule has 1 fully saturated rings. The molecule has 2 aromatic rings.